The second-order valence-corrected chi connectivity index (χ2v) is 9.05. The number of thiophene rings is 1. The van der Waals surface area contributed by atoms with Crippen molar-refractivity contribution in [2.45, 2.75) is 6.61 Å². The van der Waals surface area contributed by atoms with E-state index in [1.807, 2.05) is 23.6 Å². The molecular weight excluding hydrogens is 618 g/mol. The molecule has 9 heteroatoms. The first-order valence-electron chi connectivity index (χ1n) is 8.25. The molecule has 0 fully saturated rings. The Hall–Kier alpha value is -1.99. The molecular formula is C20H14I2N2O4S. The summed E-state index contributed by atoms with van der Waals surface area (Å²) in [5.41, 5.74) is 4.47. The maximum absolute atomic E-state index is 11.9. The lowest BCUT2D eigenvalue weighted by Gasteiger charge is -2.11. The van der Waals surface area contributed by atoms with Gasteiger partial charge in [0.25, 0.3) is 5.91 Å². The fourth-order valence-corrected chi connectivity index (χ4v) is 5.06. The molecule has 0 bridgehead atoms. The Balaban J connectivity index is 1.63. The topological polar surface area (TPSA) is 88.0 Å². The molecule has 0 aliphatic carbocycles. The Morgan fingerprint density at radius 3 is 2.41 bits per heavy atom. The highest BCUT2D eigenvalue weighted by Crippen LogP contribution is 2.29. The highest BCUT2D eigenvalue weighted by Gasteiger charge is 2.10. The van der Waals surface area contributed by atoms with Crippen molar-refractivity contribution in [2.75, 3.05) is 0 Å². The number of rotatable bonds is 7. The summed E-state index contributed by atoms with van der Waals surface area (Å²) in [6, 6.07) is 14.0. The van der Waals surface area contributed by atoms with Crippen LogP contribution in [0.1, 0.15) is 31.2 Å². The Morgan fingerprint density at radius 1 is 1.14 bits per heavy atom. The molecule has 3 aromatic rings. The van der Waals surface area contributed by atoms with Crippen molar-refractivity contribution in [1.29, 1.82) is 0 Å². The summed E-state index contributed by atoms with van der Waals surface area (Å²) in [6.45, 7) is 0.330. The monoisotopic (exact) mass is 632 g/mol. The first-order chi connectivity index (χ1) is 13.9. The van der Waals surface area contributed by atoms with Crippen molar-refractivity contribution >= 4 is 74.6 Å². The number of carboxylic acids is 1. The van der Waals surface area contributed by atoms with Crippen LogP contribution in [-0.2, 0) is 6.61 Å². The van der Waals surface area contributed by atoms with Crippen molar-refractivity contribution in [1.82, 2.24) is 5.43 Å². The van der Waals surface area contributed by atoms with Crippen LogP contribution in [0.3, 0.4) is 0 Å². The SMILES string of the molecule is O=C(O)c1ccc(COc2c(I)cc(/C=N/NC(=O)c3cccs3)cc2I)cc1. The molecule has 0 saturated carbocycles. The molecule has 6 nitrogen and oxygen atoms in total. The van der Waals surface area contributed by atoms with Crippen molar-refractivity contribution in [3.63, 3.8) is 0 Å². The smallest absolute Gasteiger partial charge is 0.335 e. The van der Waals surface area contributed by atoms with E-state index < -0.39 is 5.97 Å². The van der Waals surface area contributed by atoms with Gasteiger partial charge in [-0.3, -0.25) is 4.79 Å². The molecule has 29 heavy (non-hydrogen) atoms. The summed E-state index contributed by atoms with van der Waals surface area (Å²) in [4.78, 5) is 23.4. The van der Waals surface area contributed by atoms with Gasteiger partial charge < -0.3 is 9.84 Å². The molecule has 0 radical (unpaired) electrons. The normalized spacial score (nSPS) is 10.8. The number of carbonyl (C=O) groups excluding carboxylic acids is 1. The van der Waals surface area contributed by atoms with Gasteiger partial charge in [-0.25, -0.2) is 10.2 Å². The Labute approximate surface area is 198 Å². The molecule has 3 rings (SSSR count). The van der Waals surface area contributed by atoms with E-state index in [1.54, 1.807) is 36.5 Å². The number of carboxylic acid groups (broad SMARTS) is 1. The van der Waals surface area contributed by atoms with E-state index in [0.717, 1.165) is 24.0 Å². The summed E-state index contributed by atoms with van der Waals surface area (Å²) in [5, 5.41) is 14.8. The second-order valence-electron chi connectivity index (χ2n) is 5.78. The number of aromatic carboxylic acids is 1. The molecule has 1 heterocycles. The van der Waals surface area contributed by atoms with Gasteiger partial charge in [0.15, 0.2) is 0 Å². The van der Waals surface area contributed by atoms with E-state index in [0.29, 0.717) is 11.5 Å². The maximum Gasteiger partial charge on any atom is 0.335 e. The fourth-order valence-electron chi connectivity index (χ4n) is 2.32. The minimum absolute atomic E-state index is 0.241. The number of ether oxygens (including phenoxy) is 1. The van der Waals surface area contributed by atoms with Crippen LogP contribution >= 0.6 is 56.5 Å². The zero-order valence-corrected chi connectivity index (χ0v) is 19.9. The number of carbonyl (C=O) groups is 2. The van der Waals surface area contributed by atoms with Gasteiger partial charge in [0.2, 0.25) is 0 Å². The summed E-state index contributed by atoms with van der Waals surface area (Å²) in [5.74, 6) is -0.451. The van der Waals surface area contributed by atoms with Crippen molar-refractivity contribution in [3.8, 4) is 5.75 Å². The second kappa shape index (κ2) is 10.2. The highest BCUT2D eigenvalue weighted by atomic mass is 127. The van der Waals surface area contributed by atoms with Crippen LogP contribution in [0.15, 0.2) is 59.0 Å². The molecule has 0 unspecified atom stereocenters. The van der Waals surface area contributed by atoms with Crippen LogP contribution in [0.25, 0.3) is 0 Å². The number of hydrazone groups is 1. The van der Waals surface area contributed by atoms with Crippen LogP contribution in [0.5, 0.6) is 5.75 Å². The highest BCUT2D eigenvalue weighted by molar-refractivity contribution is 14.1. The molecule has 0 atom stereocenters. The Bertz CT molecular complexity index is 1030. The van der Waals surface area contributed by atoms with Gasteiger partial charge in [-0.15, -0.1) is 11.3 Å². The lowest BCUT2D eigenvalue weighted by molar-refractivity contribution is 0.0696. The first-order valence-corrected chi connectivity index (χ1v) is 11.3. The van der Waals surface area contributed by atoms with E-state index in [-0.39, 0.29) is 11.5 Å². The van der Waals surface area contributed by atoms with Crippen LogP contribution in [0.4, 0.5) is 0 Å². The first kappa shape index (κ1) is 21.7. The average Bonchev–Trinajstić information content (AvgIpc) is 3.22. The molecule has 1 aromatic heterocycles. The largest absolute Gasteiger partial charge is 0.487 e. The van der Waals surface area contributed by atoms with Gasteiger partial charge in [-0.1, -0.05) is 18.2 Å². The van der Waals surface area contributed by atoms with Gasteiger partial charge in [-0.05, 0) is 92.0 Å². The lowest BCUT2D eigenvalue weighted by Crippen LogP contribution is -2.16. The Kier molecular flexibility index (Phi) is 7.61. The molecule has 148 valence electrons. The minimum Gasteiger partial charge on any atom is -0.487 e. The minimum atomic E-state index is -0.953. The van der Waals surface area contributed by atoms with Crippen LogP contribution in [0, 0.1) is 7.14 Å². The van der Waals surface area contributed by atoms with Gasteiger partial charge in [0.05, 0.1) is 23.8 Å². The van der Waals surface area contributed by atoms with Gasteiger partial charge in [-0.2, -0.15) is 5.10 Å². The fraction of sp³-hybridized carbons (Fsp3) is 0.0500. The van der Waals surface area contributed by atoms with Crippen molar-refractivity contribution in [3.05, 3.63) is 82.6 Å². The molecule has 0 aliphatic heterocycles. The zero-order valence-electron chi connectivity index (χ0n) is 14.8. The summed E-state index contributed by atoms with van der Waals surface area (Å²) >= 11 is 5.73. The third-order valence-corrected chi connectivity index (χ3v) is 6.20. The number of amides is 1. The van der Waals surface area contributed by atoms with E-state index in [9.17, 15) is 9.59 Å². The lowest BCUT2D eigenvalue weighted by atomic mass is 10.1. The van der Waals surface area contributed by atoms with Gasteiger partial charge >= 0.3 is 5.97 Å². The molecule has 2 aromatic carbocycles. The average molecular weight is 632 g/mol. The molecule has 1 amide bonds. The number of hydrogen-bond acceptors (Lipinski definition) is 5. The standard InChI is InChI=1S/C20H14I2N2O4S/c21-15-8-13(10-23-24-19(25)17-2-1-7-29-17)9-16(22)18(15)28-11-12-3-5-14(6-4-12)20(26)27/h1-10H,11H2,(H,24,25)(H,26,27)/b23-10+. The van der Waals surface area contributed by atoms with Crippen LogP contribution < -0.4 is 10.2 Å². The molecule has 0 spiro atoms. The number of benzene rings is 2. The van der Waals surface area contributed by atoms with Gasteiger partial charge in [0.1, 0.15) is 12.4 Å². The number of hydrogen-bond donors (Lipinski definition) is 2. The number of nitrogens with zero attached hydrogens (tertiary/aromatic N) is 1. The molecule has 2 N–H and O–H groups in total. The van der Waals surface area contributed by atoms with E-state index >= 15 is 0 Å². The van der Waals surface area contributed by atoms with Crippen LogP contribution in [0.2, 0.25) is 0 Å². The molecule has 0 aliphatic rings. The van der Waals surface area contributed by atoms with E-state index in [2.05, 4.69) is 55.7 Å². The zero-order chi connectivity index (χ0) is 20.8. The summed E-state index contributed by atoms with van der Waals surface area (Å²) in [6.07, 6.45) is 1.59. The van der Waals surface area contributed by atoms with E-state index in [4.69, 9.17) is 9.84 Å². The van der Waals surface area contributed by atoms with Gasteiger partial charge in [0, 0.05) is 0 Å². The van der Waals surface area contributed by atoms with E-state index in [1.165, 1.54) is 11.3 Å². The third kappa shape index (κ3) is 6.00. The van der Waals surface area contributed by atoms with Crippen LogP contribution in [-0.4, -0.2) is 23.2 Å². The van der Waals surface area contributed by atoms with Crippen molar-refractivity contribution in [2.24, 2.45) is 5.10 Å². The Morgan fingerprint density at radius 2 is 1.83 bits per heavy atom. The number of nitrogens with one attached hydrogen (secondary N) is 1. The quantitative estimate of drug-likeness (QED) is 0.218. The summed E-state index contributed by atoms with van der Waals surface area (Å²) in [7, 11) is 0. The van der Waals surface area contributed by atoms with Crippen molar-refractivity contribution < 1.29 is 19.4 Å². The molecule has 0 saturated heterocycles. The predicted molar refractivity (Wildman–Crippen MR) is 129 cm³/mol. The maximum atomic E-state index is 11.9. The predicted octanol–water partition coefficient (Wildman–Crippen LogP) is 5.00. The summed E-state index contributed by atoms with van der Waals surface area (Å²) < 4.78 is 7.74. The number of halogens is 2. The third-order valence-electron chi connectivity index (χ3n) is 3.73.